The monoisotopic (exact) mass is 314 g/mol. The molecule has 3 nitrogen and oxygen atoms in total. The molecule has 0 fully saturated rings. The number of carbonyl (C=O) groups excluding carboxylic acids is 1. The average Bonchev–Trinajstić information content (AvgIpc) is 2.93. The fourth-order valence-electron chi connectivity index (χ4n) is 3.38. The average molecular weight is 314 g/mol. The number of ketones is 1. The van der Waals surface area contributed by atoms with Crippen LogP contribution < -0.4 is 5.73 Å². The second kappa shape index (κ2) is 5.90. The topological polar surface area (TPSA) is 58.9 Å². The number of aryl methyl sites for hydroxylation is 1. The molecule has 0 saturated heterocycles. The van der Waals surface area contributed by atoms with Gasteiger partial charge in [-0.05, 0) is 55.0 Å². The smallest absolute Gasteiger partial charge is 0.163 e. The van der Waals surface area contributed by atoms with Crippen molar-refractivity contribution in [2.24, 2.45) is 0 Å². The normalized spacial score (nSPS) is 13.9. The van der Waals surface area contributed by atoms with Gasteiger partial charge in [-0.2, -0.15) is 0 Å². The first-order valence-corrected chi connectivity index (χ1v) is 8.27. The van der Waals surface area contributed by atoms with Gasteiger partial charge >= 0.3 is 0 Å². The predicted molar refractivity (Wildman–Crippen MR) is 97.0 cm³/mol. The fourth-order valence-corrected chi connectivity index (χ4v) is 3.38. The van der Waals surface area contributed by atoms with Crippen molar-refractivity contribution in [3.8, 4) is 11.8 Å². The van der Waals surface area contributed by atoms with Crippen LogP contribution in [0, 0.1) is 11.8 Å². The maximum Gasteiger partial charge on any atom is 0.163 e. The lowest BCUT2D eigenvalue weighted by atomic mass is 9.92. The molecule has 2 aromatic carbocycles. The highest BCUT2D eigenvalue weighted by molar-refractivity contribution is 6.09. The van der Waals surface area contributed by atoms with Crippen molar-refractivity contribution in [1.29, 1.82) is 0 Å². The summed E-state index contributed by atoms with van der Waals surface area (Å²) in [6.45, 7) is 0. The van der Waals surface area contributed by atoms with E-state index in [2.05, 4.69) is 16.8 Å². The van der Waals surface area contributed by atoms with Crippen molar-refractivity contribution in [2.45, 2.75) is 25.7 Å². The molecular formula is C21H18N2O. The van der Waals surface area contributed by atoms with Crippen LogP contribution in [0.2, 0.25) is 0 Å². The van der Waals surface area contributed by atoms with E-state index in [0.717, 1.165) is 47.0 Å². The van der Waals surface area contributed by atoms with Crippen LogP contribution in [0.3, 0.4) is 0 Å². The SMILES string of the molecule is Nc1cccc(C#Cc2[nH]c3cccc4c3c2CCCCC4=O)c1. The summed E-state index contributed by atoms with van der Waals surface area (Å²) >= 11 is 0. The number of hydrogen-bond donors (Lipinski definition) is 2. The lowest BCUT2D eigenvalue weighted by molar-refractivity contribution is 0.0980. The van der Waals surface area contributed by atoms with Crippen LogP contribution in [0.15, 0.2) is 42.5 Å². The van der Waals surface area contributed by atoms with Crippen molar-refractivity contribution in [3.05, 3.63) is 64.8 Å². The van der Waals surface area contributed by atoms with Gasteiger partial charge < -0.3 is 10.7 Å². The van der Waals surface area contributed by atoms with Crippen LogP contribution in [0.5, 0.6) is 0 Å². The minimum Gasteiger partial charge on any atom is -0.399 e. The summed E-state index contributed by atoms with van der Waals surface area (Å²) in [7, 11) is 0. The molecule has 1 aliphatic carbocycles. The van der Waals surface area contributed by atoms with Crippen molar-refractivity contribution in [1.82, 2.24) is 4.98 Å². The summed E-state index contributed by atoms with van der Waals surface area (Å²) in [6.07, 6.45) is 3.53. The Morgan fingerprint density at radius 1 is 1.00 bits per heavy atom. The van der Waals surface area contributed by atoms with E-state index >= 15 is 0 Å². The highest BCUT2D eigenvalue weighted by Gasteiger charge is 2.19. The Hall–Kier alpha value is -2.99. The van der Waals surface area contributed by atoms with E-state index < -0.39 is 0 Å². The Morgan fingerprint density at radius 3 is 2.71 bits per heavy atom. The van der Waals surface area contributed by atoms with Crippen LogP contribution in [-0.4, -0.2) is 10.8 Å². The Bertz CT molecular complexity index is 1000. The minimum atomic E-state index is 0.232. The Balaban J connectivity index is 1.87. The molecule has 1 aliphatic rings. The number of rotatable bonds is 0. The number of carbonyl (C=O) groups is 1. The quantitative estimate of drug-likeness (QED) is 0.485. The zero-order chi connectivity index (χ0) is 16.5. The highest BCUT2D eigenvalue weighted by Crippen LogP contribution is 2.30. The Morgan fingerprint density at radius 2 is 1.83 bits per heavy atom. The number of aromatic nitrogens is 1. The van der Waals surface area contributed by atoms with E-state index in [9.17, 15) is 4.79 Å². The van der Waals surface area contributed by atoms with Crippen LogP contribution in [0.1, 0.15) is 46.4 Å². The molecule has 0 unspecified atom stereocenters. The standard InChI is InChI=1S/C21H18N2O/c22-15-6-3-5-14(13-15)11-12-18-16-7-1-2-10-20(24)17-8-4-9-19(23-18)21(16)17/h3-6,8-9,13,23H,1-2,7,10,22H2. The van der Waals surface area contributed by atoms with Gasteiger partial charge in [0.25, 0.3) is 0 Å². The molecule has 1 heterocycles. The van der Waals surface area contributed by atoms with Gasteiger partial charge in [0, 0.05) is 34.1 Å². The molecule has 118 valence electrons. The largest absolute Gasteiger partial charge is 0.399 e. The predicted octanol–water partition coefficient (Wildman–Crippen LogP) is 4.06. The van der Waals surface area contributed by atoms with E-state index in [-0.39, 0.29) is 5.78 Å². The van der Waals surface area contributed by atoms with Gasteiger partial charge in [0.1, 0.15) is 0 Å². The number of aromatic amines is 1. The number of nitrogens with two attached hydrogens (primary N) is 1. The summed E-state index contributed by atoms with van der Waals surface area (Å²) in [6, 6.07) is 13.5. The maximum atomic E-state index is 12.4. The van der Waals surface area contributed by atoms with Crippen molar-refractivity contribution in [3.63, 3.8) is 0 Å². The minimum absolute atomic E-state index is 0.232. The van der Waals surface area contributed by atoms with Gasteiger partial charge in [-0.15, -0.1) is 0 Å². The Kier molecular flexibility index (Phi) is 3.59. The second-order valence-corrected chi connectivity index (χ2v) is 6.21. The van der Waals surface area contributed by atoms with Gasteiger partial charge in [0.2, 0.25) is 0 Å². The van der Waals surface area contributed by atoms with E-state index in [1.165, 1.54) is 5.56 Å². The molecule has 0 amide bonds. The third-order valence-corrected chi connectivity index (χ3v) is 4.53. The molecule has 0 radical (unpaired) electrons. The molecule has 3 N–H and O–H groups in total. The molecule has 0 bridgehead atoms. The van der Waals surface area contributed by atoms with E-state index in [1.54, 1.807) is 0 Å². The third kappa shape index (κ3) is 2.57. The molecule has 0 aliphatic heterocycles. The molecule has 3 heteroatoms. The zero-order valence-electron chi connectivity index (χ0n) is 13.4. The summed E-state index contributed by atoms with van der Waals surface area (Å²) < 4.78 is 0. The molecule has 0 saturated carbocycles. The molecule has 0 spiro atoms. The van der Waals surface area contributed by atoms with E-state index in [1.807, 2.05) is 42.5 Å². The van der Waals surface area contributed by atoms with Crippen LogP contribution >= 0.6 is 0 Å². The van der Waals surface area contributed by atoms with Gasteiger partial charge in [0.15, 0.2) is 5.78 Å². The van der Waals surface area contributed by atoms with Crippen molar-refractivity contribution < 1.29 is 4.79 Å². The lowest BCUT2D eigenvalue weighted by Gasteiger charge is -2.10. The zero-order valence-corrected chi connectivity index (χ0v) is 13.4. The number of nitrogens with one attached hydrogen (secondary N) is 1. The van der Waals surface area contributed by atoms with Gasteiger partial charge in [-0.25, -0.2) is 0 Å². The summed E-state index contributed by atoms with van der Waals surface area (Å²) in [5.41, 5.74) is 11.3. The van der Waals surface area contributed by atoms with Crippen molar-refractivity contribution >= 4 is 22.4 Å². The third-order valence-electron chi connectivity index (χ3n) is 4.53. The van der Waals surface area contributed by atoms with Crippen LogP contribution in [0.4, 0.5) is 5.69 Å². The molecule has 0 atom stereocenters. The summed E-state index contributed by atoms with van der Waals surface area (Å²) in [5.74, 6) is 6.66. The molecule has 24 heavy (non-hydrogen) atoms. The van der Waals surface area contributed by atoms with Crippen LogP contribution in [-0.2, 0) is 6.42 Å². The first-order valence-electron chi connectivity index (χ1n) is 8.27. The number of Topliss-reactive ketones (excluding diaryl/α,β-unsaturated/α-hetero) is 1. The van der Waals surface area contributed by atoms with E-state index in [4.69, 9.17) is 5.73 Å². The van der Waals surface area contributed by atoms with Gasteiger partial charge in [-0.3, -0.25) is 4.79 Å². The van der Waals surface area contributed by atoms with Crippen LogP contribution in [0.25, 0.3) is 10.9 Å². The summed E-state index contributed by atoms with van der Waals surface area (Å²) in [5, 5.41) is 1.05. The first-order chi connectivity index (χ1) is 11.7. The number of anilines is 1. The highest BCUT2D eigenvalue weighted by atomic mass is 16.1. The number of benzene rings is 2. The first kappa shape index (κ1) is 14.6. The number of H-pyrrole nitrogens is 1. The second-order valence-electron chi connectivity index (χ2n) is 6.21. The maximum absolute atomic E-state index is 12.4. The fraction of sp³-hybridized carbons (Fsp3) is 0.190. The van der Waals surface area contributed by atoms with Crippen molar-refractivity contribution in [2.75, 3.05) is 5.73 Å². The molecule has 4 rings (SSSR count). The molecule has 1 aromatic heterocycles. The van der Waals surface area contributed by atoms with Gasteiger partial charge in [-0.1, -0.05) is 24.1 Å². The van der Waals surface area contributed by atoms with Gasteiger partial charge in [0.05, 0.1) is 5.69 Å². The summed E-state index contributed by atoms with van der Waals surface area (Å²) in [4.78, 5) is 15.8. The lowest BCUT2D eigenvalue weighted by Crippen LogP contribution is -2.04. The van der Waals surface area contributed by atoms with E-state index in [0.29, 0.717) is 12.1 Å². The molecule has 3 aromatic rings. The number of hydrogen-bond acceptors (Lipinski definition) is 2. The number of nitrogen functional groups attached to an aromatic ring is 1. The Labute approximate surface area is 140 Å². The molecular weight excluding hydrogens is 296 g/mol.